The first-order valence-corrected chi connectivity index (χ1v) is 4.13. The van der Waals surface area contributed by atoms with Crippen LogP contribution in [-0.2, 0) is 9.59 Å². The molecular formula is C8H14N2O2. The Morgan fingerprint density at radius 2 is 1.75 bits per heavy atom. The van der Waals surface area contributed by atoms with E-state index >= 15 is 0 Å². The third-order valence-electron chi connectivity index (χ3n) is 1.93. The number of carbonyl (C=O) groups is 2. The molecule has 1 aliphatic heterocycles. The summed E-state index contributed by atoms with van der Waals surface area (Å²) < 4.78 is 0. The van der Waals surface area contributed by atoms with Gasteiger partial charge in [0, 0.05) is 24.9 Å². The smallest absolute Gasteiger partial charge is 0.230 e. The van der Waals surface area contributed by atoms with Crippen molar-refractivity contribution in [2.45, 2.75) is 38.8 Å². The number of carbonyl (C=O) groups excluding carboxylic acids is 2. The van der Waals surface area contributed by atoms with E-state index in [4.69, 9.17) is 5.73 Å². The number of piperidine rings is 1. The van der Waals surface area contributed by atoms with Crippen LogP contribution in [0.1, 0.15) is 26.7 Å². The lowest BCUT2D eigenvalue weighted by molar-refractivity contribution is -0.150. The molecule has 0 aromatic heterocycles. The minimum atomic E-state index is -0.278. The van der Waals surface area contributed by atoms with Crippen LogP contribution in [0.25, 0.3) is 0 Å². The maximum absolute atomic E-state index is 11.3. The minimum Gasteiger partial charge on any atom is -0.327 e. The van der Waals surface area contributed by atoms with Gasteiger partial charge in [-0.15, -0.1) is 0 Å². The van der Waals surface area contributed by atoms with Crippen molar-refractivity contribution < 1.29 is 9.59 Å². The fourth-order valence-corrected chi connectivity index (χ4v) is 1.43. The van der Waals surface area contributed by atoms with Crippen molar-refractivity contribution in [2.24, 2.45) is 5.73 Å². The lowest BCUT2D eigenvalue weighted by atomic mass is 10.0. The molecule has 1 rings (SSSR count). The van der Waals surface area contributed by atoms with E-state index in [9.17, 15) is 9.59 Å². The molecule has 2 N–H and O–H groups in total. The number of nitrogens with zero attached hydrogens (tertiary/aromatic N) is 1. The molecule has 0 radical (unpaired) electrons. The van der Waals surface area contributed by atoms with Crippen LogP contribution in [0, 0.1) is 0 Å². The van der Waals surface area contributed by atoms with Gasteiger partial charge < -0.3 is 5.73 Å². The number of likely N-dealkylation sites (tertiary alicyclic amines) is 1. The van der Waals surface area contributed by atoms with Gasteiger partial charge in [0.05, 0.1) is 0 Å². The summed E-state index contributed by atoms with van der Waals surface area (Å²) in [4.78, 5) is 23.9. The number of imide groups is 1. The van der Waals surface area contributed by atoms with E-state index in [1.54, 1.807) is 0 Å². The fourth-order valence-electron chi connectivity index (χ4n) is 1.43. The van der Waals surface area contributed by atoms with E-state index in [1.165, 1.54) is 4.90 Å². The van der Waals surface area contributed by atoms with Crippen LogP contribution in [0.15, 0.2) is 0 Å². The van der Waals surface area contributed by atoms with Gasteiger partial charge in [-0.2, -0.15) is 0 Å². The Balaban J connectivity index is 2.74. The Morgan fingerprint density at radius 1 is 1.33 bits per heavy atom. The number of amides is 2. The van der Waals surface area contributed by atoms with Gasteiger partial charge in [-0.3, -0.25) is 14.5 Å². The van der Waals surface area contributed by atoms with Crippen LogP contribution in [-0.4, -0.2) is 28.8 Å². The highest BCUT2D eigenvalue weighted by molar-refractivity contribution is 5.98. The molecule has 2 amide bonds. The summed E-state index contributed by atoms with van der Waals surface area (Å²) in [6.07, 6.45) is 0.591. The van der Waals surface area contributed by atoms with Gasteiger partial charge in [-0.25, -0.2) is 0 Å². The summed E-state index contributed by atoms with van der Waals surface area (Å²) in [5.74, 6) is -0.289. The van der Waals surface area contributed by atoms with Crippen LogP contribution in [0.2, 0.25) is 0 Å². The highest BCUT2D eigenvalue weighted by atomic mass is 16.2. The van der Waals surface area contributed by atoms with Gasteiger partial charge in [0.1, 0.15) is 0 Å². The van der Waals surface area contributed by atoms with Crippen LogP contribution in [0.3, 0.4) is 0 Å². The molecule has 0 saturated carbocycles. The summed E-state index contributed by atoms with van der Waals surface area (Å²) in [5.41, 5.74) is 5.51. The van der Waals surface area contributed by atoms with Gasteiger partial charge in [-0.05, 0) is 13.8 Å². The molecule has 68 valence electrons. The summed E-state index contributed by atoms with van der Waals surface area (Å²) in [7, 11) is 0. The number of nitrogens with two attached hydrogens (primary N) is 1. The standard InChI is InChI=1S/C8H14N2O2/c1-5(2)10-7(11)3-6(9)4-8(10)12/h5-6H,3-4,9H2,1-2H3. The molecule has 4 nitrogen and oxygen atoms in total. The topological polar surface area (TPSA) is 63.4 Å². The third-order valence-corrected chi connectivity index (χ3v) is 1.93. The molecule has 0 spiro atoms. The molecule has 0 aromatic rings. The lowest BCUT2D eigenvalue weighted by Gasteiger charge is -2.31. The second-order valence-corrected chi connectivity index (χ2v) is 3.42. The number of rotatable bonds is 1. The first kappa shape index (κ1) is 9.19. The molecule has 1 aliphatic rings. The molecule has 0 unspecified atom stereocenters. The van der Waals surface area contributed by atoms with Crippen LogP contribution in [0.4, 0.5) is 0 Å². The van der Waals surface area contributed by atoms with E-state index in [1.807, 2.05) is 13.8 Å². The van der Waals surface area contributed by atoms with E-state index < -0.39 is 0 Å². The predicted octanol–water partition coefficient (Wildman–Crippen LogP) is -0.129. The maximum Gasteiger partial charge on any atom is 0.230 e. The van der Waals surface area contributed by atoms with Crippen LogP contribution < -0.4 is 5.73 Å². The zero-order valence-corrected chi connectivity index (χ0v) is 7.41. The Morgan fingerprint density at radius 3 is 2.08 bits per heavy atom. The van der Waals surface area contributed by atoms with Gasteiger partial charge in [0.25, 0.3) is 0 Å². The molecule has 0 aliphatic carbocycles. The molecule has 4 heteroatoms. The number of hydrogen-bond donors (Lipinski definition) is 1. The summed E-state index contributed by atoms with van der Waals surface area (Å²) >= 11 is 0. The fraction of sp³-hybridized carbons (Fsp3) is 0.750. The quantitative estimate of drug-likeness (QED) is 0.557. The van der Waals surface area contributed by atoms with E-state index in [0.29, 0.717) is 12.8 Å². The van der Waals surface area contributed by atoms with Crippen LogP contribution in [0.5, 0.6) is 0 Å². The third kappa shape index (κ3) is 1.64. The van der Waals surface area contributed by atoms with Crippen molar-refractivity contribution in [3.8, 4) is 0 Å². The normalized spacial score (nSPS) is 20.8. The summed E-state index contributed by atoms with van der Waals surface area (Å²) in [6, 6.07) is -0.322. The maximum atomic E-state index is 11.3. The van der Waals surface area contributed by atoms with Gasteiger partial charge in [0.15, 0.2) is 0 Å². The van der Waals surface area contributed by atoms with Crippen molar-refractivity contribution in [1.82, 2.24) is 4.90 Å². The lowest BCUT2D eigenvalue weighted by Crippen LogP contribution is -2.50. The van der Waals surface area contributed by atoms with E-state index in [-0.39, 0.29) is 23.9 Å². The van der Waals surface area contributed by atoms with Crippen molar-refractivity contribution in [2.75, 3.05) is 0 Å². The van der Waals surface area contributed by atoms with Crippen LogP contribution >= 0.6 is 0 Å². The van der Waals surface area contributed by atoms with E-state index in [2.05, 4.69) is 0 Å². The Labute approximate surface area is 71.7 Å². The molecule has 0 aromatic carbocycles. The second-order valence-electron chi connectivity index (χ2n) is 3.42. The minimum absolute atomic E-state index is 0.0440. The highest BCUT2D eigenvalue weighted by Gasteiger charge is 2.31. The zero-order valence-electron chi connectivity index (χ0n) is 7.41. The molecule has 1 heterocycles. The van der Waals surface area contributed by atoms with Crippen molar-refractivity contribution in [3.63, 3.8) is 0 Å². The first-order chi connectivity index (χ1) is 5.52. The largest absolute Gasteiger partial charge is 0.327 e. The van der Waals surface area contributed by atoms with E-state index in [0.717, 1.165) is 0 Å². The average Bonchev–Trinajstić information content (AvgIpc) is 1.82. The summed E-state index contributed by atoms with van der Waals surface area (Å²) in [5, 5.41) is 0. The SMILES string of the molecule is CC(C)N1C(=O)CC(N)CC1=O. The van der Waals surface area contributed by atoms with Crippen molar-refractivity contribution in [1.29, 1.82) is 0 Å². The molecule has 1 fully saturated rings. The Bertz CT molecular complexity index is 195. The van der Waals surface area contributed by atoms with Gasteiger partial charge in [-0.1, -0.05) is 0 Å². The second kappa shape index (κ2) is 3.23. The summed E-state index contributed by atoms with van der Waals surface area (Å²) in [6.45, 7) is 3.65. The van der Waals surface area contributed by atoms with Crippen molar-refractivity contribution >= 4 is 11.8 Å². The van der Waals surface area contributed by atoms with Gasteiger partial charge >= 0.3 is 0 Å². The average molecular weight is 170 g/mol. The number of hydrogen-bond acceptors (Lipinski definition) is 3. The predicted molar refractivity (Wildman–Crippen MR) is 44.2 cm³/mol. The van der Waals surface area contributed by atoms with Gasteiger partial charge in [0.2, 0.25) is 11.8 Å². The zero-order chi connectivity index (χ0) is 9.30. The molecular weight excluding hydrogens is 156 g/mol. The molecule has 0 bridgehead atoms. The first-order valence-electron chi connectivity index (χ1n) is 4.13. The van der Waals surface area contributed by atoms with Crippen molar-refractivity contribution in [3.05, 3.63) is 0 Å². The molecule has 0 atom stereocenters. The monoisotopic (exact) mass is 170 g/mol. The molecule has 1 saturated heterocycles. The highest BCUT2D eigenvalue weighted by Crippen LogP contribution is 2.14. The molecule has 12 heavy (non-hydrogen) atoms. The Hall–Kier alpha value is -0.900. The Kier molecular flexibility index (Phi) is 2.47.